The second-order valence-corrected chi connectivity index (χ2v) is 6.42. The van der Waals surface area contributed by atoms with Crippen molar-refractivity contribution in [2.45, 2.75) is 25.3 Å². The lowest BCUT2D eigenvalue weighted by Crippen LogP contribution is -2.48. The van der Waals surface area contributed by atoms with E-state index in [1.165, 1.54) is 0 Å². The molecule has 0 spiro atoms. The molecule has 3 rings (SSSR count). The SMILES string of the molecule is CN1CCC(NC(=O)[C@H]2C3C=CC(C3)[C@H]2C(=O)O)CC1. The van der Waals surface area contributed by atoms with Crippen LogP contribution in [0, 0.1) is 23.7 Å². The van der Waals surface area contributed by atoms with Crippen molar-refractivity contribution in [1.82, 2.24) is 10.2 Å². The molecule has 4 atom stereocenters. The fourth-order valence-electron chi connectivity index (χ4n) is 3.97. The lowest BCUT2D eigenvalue weighted by molar-refractivity contribution is -0.148. The predicted octanol–water partition coefficient (Wildman–Crippen LogP) is 0.720. The molecule has 1 heterocycles. The van der Waals surface area contributed by atoms with Crippen molar-refractivity contribution in [3.8, 4) is 0 Å². The zero-order valence-corrected chi connectivity index (χ0v) is 11.8. The van der Waals surface area contributed by atoms with Gasteiger partial charge in [0.05, 0.1) is 11.8 Å². The van der Waals surface area contributed by atoms with E-state index in [0.29, 0.717) is 0 Å². The highest BCUT2D eigenvalue weighted by molar-refractivity contribution is 5.87. The Labute approximate surface area is 119 Å². The maximum atomic E-state index is 12.5. The molecule has 1 aliphatic heterocycles. The Morgan fingerprint density at radius 1 is 1.15 bits per heavy atom. The van der Waals surface area contributed by atoms with Gasteiger partial charge in [0.15, 0.2) is 0 Å². The van der Waals surface area contributed by atoms with E-state index in [9.17, 15) is 14.7 Å². The van der Waals surface area contributed by atoms with Crippen LogP contribution in [0.5, 0.6) is 0 Å². The van der Waals surface area contributed by atoms with E-state index in [0.717, 1.165) is 32.4 Å². The van der Waals surface area contributed by atoms with Crippen LogP contribution < -0.4 is 5.32 Å². The summed E-state index contributed by atoms with van der Waals surface area (Å²) in [7, 11) is 2.08. The van der Waals surface area contributed by atoms with Crippen molar-refractivity contribution in [2.24, 2.45) is 23.7 Å². The van der Waals surface area contributed by atoms with Crippen molar-refractivity contribution in [2.75, 3.05) is 20.1 Å². The van der Waals surface area contributed by atoms with Crippen molar-refractivity contribution in [1.29, 1.82) is 0 Å². The number of nitrogens with one attached hydrogen (secondary N) is 1. The Balaban J connectivity index is 1.64. The first-order valence-electron chi connectivity index (χ1n) is 7.46. The van der Waals surface area contributed by atoms with Gasteiger partial charge >= 0.3 is 5.97 Å². The minimum atomic E-state index is -0.828. The zero-order valence-electron chi connectivity index (χ0n) is 11.8. The molecule has 110 valence electrons. The van der Waals surface area contributed by atoms with Crippen molar-refractivity contribution in [3.05, 3.63) is 12.2 Å². The predicted molar refractivity (Wildman–Crippen MR) is 74.0 cm³/mol. The number of carbonyl (C=O) groups excluding carboxylic acids is 1. The summed E-state index contributed by atoms with van der Waals surface area (Å²) in [6.45, 7) is 1.98. The number of rotatable bonds is 3. The molecular formula is C15H22N2O3. The van der Waals surface area contributed by atoms with Crippen LogP contribution in [0.4, 0.5) is 0 Å². The molecule has 1 saturated carbocycles. The highest BCUT2D eigenvalue weighted by atomic mass is 16.4. The molecule has 1 saturated heterocycles. The first-order valence-corrected chi connectivity index (χ1v) is 7.46. The third-order valence-corrected chi connectivity index (χ3v) is 5.11. The van der Waals surface area contributed by atoms with Crippen LogP contribution in [0.2, 0.25) is 0 Å². The number of piperidine rings is 1. The summed E-state index contributed by atoms with van der Waals surface area (Å²) in [5.41, 5.74) is 0. The Kier molecular flexibility index (Phi) is 3.54. The van der Waals surface area contributed by atoms with Crippen LogP contribution in [0.1, 0.15) is 19.3 Å². The topological polar surface area (TPSA) is 69.6 Å². The molecule has 2 fully saturated rings. The summed E-state index contributed by atoms with van der Waals surface area (Å²) in [6.07, 6.45) is 6.74. The third-order valence-electron chi connectivity index (χ3n) is 5.11. The molecule has 2 aliphatic carbocycles. The Hall–Kier alpha value is -1.36. The molecule has 2 unspecified atom stereocenters. The van der Waals surface area contributed by atoms with Crippen LogP contribution in [-0.2, 0) is 9.59 Å². The van der Waals surface area contributed by atoms with Crippen LogP contribution >= 0.6 is 0 Å². The number of hydrogen-bond donors (Lipinski definition) is 2. The highest BCUT2D eigenvalue weighted by Gasteiger charge is 2.51. The maximum absolute atomic E-state index is 12.5. The van der Waals surface area contributed by atoms with E-state index in [2.05, 4.69) is 17.3 Å². The Morgan fingerprint density at radius 2 is 1.75 bits per heavy atom. The number of allylic oxidation sites excluding steroid dienone is 2. The standard InChI is InChI=1S/C15H22N2O3/c1-17-6-4-11(5-7-17)16-14(18)12-9-2-3-10(8-9)13(12)15(19)20/h2-3,9-13H,4-8H2,1H3,(H,16,18)(H,19,20)/t9?,10?,12-,13+/m0/s1. The van der Waals surface area contributed by atoms with Gasteiger partial charge in [0.2, 0.25) is 5.91 Å². The lowest BCUT2D eigenvalue weighted by Gasteiger charge is -2.32. The van der Waals surface area contributed by atoms with Gasteiger partial charge in [-0.2, -0.15) is 0 Å². The van der Waals surface area contributed by atoms with Gasteiger partial charge in [-0.1, -0.05) is 12.2 Å². The van der Waals surface area contributed by atoms with Crippen LogP contribution in [-0.4, -0.2) is 48.1 Å². The normalized spacial score (nSPS) is 37.2. The Morgan fingerprint density at radius 3 is 2.35 bits per heavy atom. The van der Waals surface area contributed by atoms with Crippen molar-refractivity contribution >= 4 is 11.9 Å². The number of aliphatic carboxylic acids is 1. The second-order valence-electron chi connectivity index (χ2n) is 6.42. The number of nitrogens with zero attached hydrogens (tertiary/aromatic N) is 1. The van der Waals surface area contributed by atoms with Crippen molar-refractivity contribution < 1.29 is 14.7 Å². The number of hydrogen-bond acceptors (Lipinski definition) is 3. The van der Waals surface area contributed by atoms with E-state index in [1.54, 1.807) is 0 Å². The van der Waals surface area contributed by atoms with Gasteiger partial charge in [-0.05, 0) is 51.2 Å². The smallest absolute Gasteiger partial charge is 0.307 e. The van der Waals surface area contributed by atoms with E-state index < -0.39 is 11.9 Å². The number of carboxylic acids is 1. The van der Waals surface area contributed by atoms with E-state index >= 15 is 0 Å². The van der Waals surface area contributed by atoms with E-state index in [-0.39, 0.29) is 29.7 Å². The molecule has 1 amide bonds. The fourth-order valence-corrected chi connectivity index (χ4v) is 3.97. The minimum Gasteiger partial charge on any atom is -0.481 e. The number of fused-ring (bicyclic) bond motifs is 2. The summed E-state index contributed by atoms with van der Waals surface area (Å²) >= 11 is 0. The highest BCUT2D eigenvalue weighted by Crippen LogP contribution is 2.48. The van der Waals surface area contributed by atoms with Crippen LogP contribution in [0.25, 0.3) is 0 Å². The van der Waals surface area contributed by atoms with Gasteiger partial charge in [-0.3, -0.25) is 9.59 Å². The molecule has 0 radical (unpaired) electrons. The largest absolute Gasteiger partial charge is 0.481 e. The molecule has 0 aromatic heterocycles. The van der Waals surface area contributed by atoms with Gasteiger partial charge in [0, 0.05) is 6.04 Å². The molecule has 5 nitrogen and oxygen atoms in total. The first-order chi connectivity index (χ1) is 9.56. The molecule has 0 aromatic rings. The third kappa shape index (κ3) is 2.35. The Bertz CT molecular complexity index is 440. The number of likely N-dealkylation sites (tertiary alicyclic amines) is 1. The summed E-state index contributed by atoms with van der Waals surface area (Å²) < 4.78 is 0. The summed E-state index contributed by atoms with van der Waals surface area (Å²) in [4.78, 5) is 26.2. The molecule has 5 heteroatoms. The number of carbonyl (C=O) groups is 2. The van der Waals surface area contributed by atoms with Gasteiger partial charge in [0.25, 0.3) is 0 Å². The number of carboxylic acid groups (broad SMARTS) is 1. The van der Waals surface area contributed by atoms with Gasteiger partial charge in [-0.15, -0.1) is 0 Å². The molecule has 0 aromatic carbocycles. The lowest BCUT2D eigenvalue weighted by atomic mass is 9.82. The van der Waals surface area contributed by atoms with Crippen molar-refractivity contribution in [3.63, 3.8) is 0 Å². The molecule has 2 bridgehead atoms. The average Bonchev–Trinajstić information content (AvgIpc) is 3.01. The molecule has 2 N–H and O–H groups in total. The average molecular weight is 278 g/mol. The first kappa shape index (κ1) is 13.6. The zero-order chi connectivity index (χ0) is 14.3. The fraction of sp³-hybridized carbons (Fsp3) is 0.733. The van der Waals surface area contributed by atoms with Crippen LogP contribution in [0.15, 0.2) is 12.2 Å². The van der Waals surface area contributed by atoms with Gasteiger partial charge in [0.1, 0.15) is 0 Å². The van der Waals surface area contributed by atoms with Gasteiger partial charge < -0.3 is 15.3 Å². The molecule has 3 aliphatic rings. The summed E-state index contributed by atoms with van der Waals surface area (Å²) in [5, 5.41) is 12.5. The quantitative estimate of drug-likeness (QED) is 0.746. The molecular weight excluding hydrogens is 256 g/mol. The number of amides is 1. The minimum absolute atomic E-state index is 0.0470. The molecule has 20 heavy (non-hydrogen) atoms. The summed E-state index contributed by atoms with van der Waals surface area (Å²) in [6, 6.07) is 0.205. The maximum Gasteiger partial charge on any atom is 0.307 e. The second kappa shape index (κ2) is 5.20. The van der Waals surface area contributed by atoms with E-state index in [1.807, 2.05) is 12.2 Å². The monoisotopic (exact) mass is 278 g/mol. The van der Waals surface area contributed by atoms with Gasteiger partial charge in [-0.25, -0.2) is 0 Å². The summed E-state index contributed by atoms with van der Waals surface area (Å²) in [5.74, 6) is -1.62. The van der Waals surface area contributed by atoms with Crippen LogP contribution in [0.3, 0.4) is 0 Å². The van der Waals surface area contributed by atoms with E-state index in [4.69, 9.17) is 0 Å².